The number of aromatic nitrogens is 3. The van der Waals surface area contributed by atoms with Gasteiger partial charge in [0, 0.05) is 26.2 Å². The van der Waals surface area contributed by atoms with Crippen molar-refractivity contribution in [3.63, 3.8) is 0 Å². The van der Waals surface area contributed by atoms with Crippen LogP contribution in [0.4, 0.5) is 0 Å². The van der Waals surface area contributed by atoms with Gasteiger partial charge in [-0.3, -0.25) is 4.90 Å². The number of nitrogens with zero attached hydrogens (tertiary/aromatic N) is 4. The Labute approximate surface area is 112 Å². The van der Waals surface area contributed by atoms with Crippen LogP contribution in [-0.2, 0) is 11.3 Å². The summed E-state index contributed by atoms with van der Waals surface area (Å²) in [4.78, 5) is 2.43. The molecule has 3 rings (SSSR count). The first-order valence-corrected chi connectivity index (χ1v) is 6.63. The summed E-state index contributed by atoms with van der Waals surface area (Å²) in [5, 5.41) is 7.64. The monoisotopic (exact) mass is 258 g/mol. The van der Waals surface area contributed by atoms with Gasteiger partial charge in [-0.25, -0.2) is 0 Å². The van der Waals surface area contributed by atoms with E-state index in [-0.39, 0.29) is 6.10 Å². The van der Waals surface area contributed by atoms with Crippen molar-refractivity contribution in [1.82, 2.24) is 19.7 Å². The predicted molar refractivity (Wildman–Crippen MR) is 71.6 cm³/mol. The van der Waals surface area contributed by atoms with Gasteiger partial charge in [-0.05, 0) is 5.56 Å². The predicted octanol–water partition coefficient (Wildman–Crippen LogP) is 1.35. The lowest BCUT2D eigenvalue weighted by atomic mass is 10.1. The van der Waals surface area contributed by atoms with Crippen LogP contribution in [0.5, 0.6) is 0 Å². The third-order valence-electron chi connectivity index (χ3n) is 3.46. The first-order valence-electron chi connectivity index (χ1n) is 6.63. The average Bonchev–Trinajstić information content (AvgIpc) is 3.00. The molecule has 0 radical (unpaired) electrons. The second-order valence-corrected chi connectivity index (χ2v) is 4.77. The number of rotatable bonds is 4. The number of ether oxygens (including phenoxy) is 1. The maximum Gasteiger partial charge on any atom is 0.119 e. The van der Waals surface area contributed by atoms with Crippen LogP contribution in [0.2, 0.25) is 0 Å². The lowest BCUT2D eigenvalue weighted by Crippen LogP contribution is -2.39. The highest BCUT2D eigenvalue weighted by Gasteiger charge is 2.21. The zero-order valence-corrected chi connectivity index (χ0v) is 10.9. The quantitative estimate of drug-likeness (QED) is 0.830. The summed E-state index contributed by atoms with van der Waals surface area (Å²) in [7, 11) is 0. The van der Waals surface area contributed by atoms with E-state index in [0.29, 0.717) is 0 Å². The Morgan fingerprint density at radius 2 is 1.89 bits per heavy atom. The molecule has 0 spiro atoms. The number of hydrogen-bond acceptors (Lipinski definition) is 4. The topological polar surface area (TPSA) is 43.2 Å². The van der Waals surface area contributed by atoms with Crippen molar-refractivity contribution in [1.29, 1.82) is 0 Å². The van der Waals surface area contributed by atoms with Gasteiger partial charge in [0.25, 0.3) is 0 Å². The van der Waals surface area contributed by atoms with Crippen molar-refractivity contribution in [3.8, 4) is 0 Å². The van der Waals surface area contributed by atoms with Crippen molar-refractivity contribution >= 4 is 0 Å². The zero-order chi connectivity index (χ0) is 12.9. The molecule has 5 heteroatoms. The van der Waals surface area contributed by atoms with Crippen LogP contribution in [0.25, 0.3) is 0 Å². The summed E-state index contributed by atoms with van der Waals surface area (Å²) in [5.41, 5.74) is 1.26. The zero-order valence-electron chi connectivity index (χ0n) is 10.9. The Morgan fingerprint density at radius 3 is 2.68 bits per heavy atom. The van der Waals surface area contributed by atoms with E-state index >= 15 is 0 Å². The molecule has 0 bridgehead atoms. The largest absolute Gasteiger partial charge is 0.371 e. The fourth-order valence-corrected chi connectivity index (χ4v) is 2.37. The second-order valence-electron chi connectivity index (χ2n) is 4.77. The molecule has 1 aliphatic heterocycles. The van der Waals surface area contributed by atoms with Crippen LogP contribution in [0, 0.1) is 0 Å². The third-order valence-corrected chi connectivity index (χ3v) is 3.46. The second kappa shape index (κ2) is 5.95. The van der Waals surface area contributed by atoms with Crippen molar-refractivity contribution in [3.05, 3.63) is 48.5 Å². The van der Waals surface area contributed by atoms with E-state index in [1.807, 2.05) is 10.6 Å². The average molecular weight is 258 g/mol. The third kappa shape index (κ3) is 3.19. The number of benzene rings is 1. The van der Waals surface area contributed by atoms with Crippen LogP contribution in [-0.4, -0.2) is 45.9 Å². The highest BCUT2D eigenvalue weighted by Crippen LogP contribution is 2.21. The fraction of sp³-hybridized carbons (Fsp3) is 0.429. The van der Waals surface area contributed by atoms with Crippen LogP contribution < -0.4 is 0 Å². The molecule has 19 heavy (non-hydrogen) atoms. The lowest BCUT2D eigenvalue weighted by Gasteiger charge is -2.33. The molecule has 1 fully saturated rings. The van der Waals surface area contributed by atoms with Crippen molar-refractivity contribution in [2.24, 2.45) is 0 Å². The van der Waals surface area contributed by atoms with E-state index in [2.05, 4.69) is 39.4 Å². The molecule has 1 unspecified atom stereocenters. The fourth-order valence-electron chi connectivity index (χ4n) is 2.37. The SMILES string of the molecule is c1ccc(C2CN(CCn3cnnc3)CCO2)cc1. The molecule has 1 aliphatic rings. The summed E-state index contributed by atoms with van der Waals surface area (Å²) in [5.74, 6) is 0. The van der Waals surface area contributed by atoms with Gasteiger partial charge in [0.05, 0.1) is 12.7 Å². The van der Waals surface area contributed by atoms with E-state index in [1.165, 1.54) is 5.56 Å². The number of morpholine rings is 1. The Kier molecular flexibility index (Phi) is 3.86. The van der Waals surface area contributed by atoms with Gasteiger partial charge in [0.15, 0.2) is 0 Å². The minimum Gasteiger partial charge on any atom is -0.371 e. The Morgan fingerprint density at radius 1 is 1.11 bits per heavy atom. The maximum absolute atomic E-state index is 5.86. The summed E-state index contributed by atoms with van der Waals surface area (Å²) in [6, 6.07) is 10.4. The van der Waals surface area contributed by atoms with E-state index in [0.717, 1.165) is 32.8 Å². The van der Waals surface area contributed by atoms with Crippen molar-refractivity contribution in [2.45, 2.75) is 12.6 Å². The van der Waals surface area contributed by atoms with Crippen molar-refractivity contribution < 1.29 is 4.74 Å². The molecule has 0 amide bonds. The summed E-state index contributed by atoms with van der Waals surface area (Å²) < 4.78 is 7.87. The molecule has 0 N–H and O–H groups in total. The first-order chi connectivity index (χ1) is 9.42. The summed E-state index contributed by atoms with van der Waals surface area (Å²) in [6.07, 6.45) is 3.71. The molecule has 1 saturated heterocycles. The molecule has 1 aromatic heterocycles. The standard InChI is InChI=1S/C14H18N4O/c1-2-4-13(5-3-1)14-10-17(8-9-19-14)6-7-18-11-15-16-12-18/h1-5,11-12,14H,6-10H2. The molecular formula is C14H18N4O. The van der Waals surface area contributed by atoms with E-state index in [1.54, 1.807) is 12.7 Å². The Hall–Kier alpha value is -1.72. The molecule has 0 aliphatic carbocycles. The molecule has 5 nitrogen and oxygen atoms in total. The maximum atomic E-state index is 5.86. The Bertz CT molecular complexity index is 485. The first kappa shape index (κ1) is 12.3. The highest BCUT2D eigenvalue weighted by atomic mass is 16.5. The van der Waals surface area contributed by atoms with Crippen LogP contribution in [0.15, 0.2) is 43.0 Å². The summed E-state index contributed by atoms with van der Waals surface area (Å²) >= 11 is 0. The van der Waals surface area contributed by atoms with Gasteiger partial charge in [-0.2, -0.15) is 0 Å². The molecule has 2 aromatic rings. The highest BCUT2D eigenvalue weighted by molar-refractivity contribution is 5.18. The van der Waals surface area contributed by atoms with E-state index in [9.17, 15) is 0 Å². The van der Waals surface area contributed by atoms with E-state index < -0.39 is 0 Å². The van der Waals surface area contributed by atoms with Gasteiger partial charge in [0.1, 0.15) is 12.7 Å². The minimum atomic E-state index is 0.191. The molecule has 0 saturated carbocycles. The smallest absolute Gasteiger partial charge is 0.119 e. The van der Waals surface area contributed by atoms with Crippen LogP contribution in [0.3, 0.4) is 0 Å². The van der Waals surface area contributed by atoms with Gasteiger partial charge in [0.2, 0.25) is 0 Å². The molecule has 1 atom stereocenters. The molecule has 1 aromatic carbocycles. The molecule has 100 valence electrons. The minimum absolute atomic E-state index is 0.191. The summed E-state index contributed by atoms with van der Waals surface area (Å²) in [6.45, 7) is 4.67. The van der Waals surface area contributed by atoms with Crippen LogP contribution >= 0.6 is 0 Å². The lowest BCUT2D eigenvalue weighted by molar-refractivity contribution is -0.0308. The van der Waals surface area contributed by atoms with Crippen molar-refractivity contribution in [2.75, 3.05) is 26.2 Å². The van der Waals surface area contributed by atoms with Gasteiger partial charge in [-0.15, -0.1) is 10.2 Å². The normalized spacial score (nSPS) is 20.5. The molecule has 2 heterocycles. The van der Waals surface area contributed by atoms with Crippen LogP contribution in [0.1, 0.15) is 11.7 Å². The number of hydrogen-bond donors (Lipinski definition) is 0. The van der Waals surface area contributed by atoms with Gasteiger partial charge < -0.3 is 9.30 Å². The van der Waals surface area contributed by atoms with Gasteiger partial charge >= 0.3 is 0 Å². The Balaban J connectivity index is 1.56. The van der Waals surface area contributed by atoms with E-state index in [4.69, 9.17) is 4.74 Å². The molecular weight excluding hydrogens is 240 g/mol. The van der Waals surface area contributed by atoms with Gasteiger partial charge in [-0.1, -0.05) is 30.3 Å².